The van der Waals surface area contributed by atoms with Crippen LogP contribution in [0.1, 0.15) is 52.9 Å². The molecule has 3 atom stereocenters. The van der Waals surface area contributed by atoms with E-state index in [4.69, 9.17) is 0 Å². The topological polar surface area (TPSA) is 12.0 Å². The Morgan fingerprint density at radius 1 is 1.07 bits per heavy atom. The fourth-order valence-corrected chi connectivity index (χ4v) is 3.99. The molecule has 0 unspecified atom stereocenters. The molecule has 0 aromatic rings. The zero-order valence-electron chi connectivity index (χ0n) is 9.77. The Labute approximate surface area is 87.7 Å². The Kier molecular flexibility index (Phi) is 1.68. The molecule has 0 heterocycles. The molecule has 3 aliphatic carbocycles. The average Bonchev–Trinajstić information content (AvgIpc) is 2.85. The van der Waals surface area contributed by atoms with Crippen LogP contribution in [-0.2, 0) is 0 Å². The predicted molar refractivity (Wildman–Crippen MR) is 59.2 cm³/mol. The van der Waals surface area contributed by atoms with Gasteiger partial charge in [0, 0.05) is 12.1 Å². The van der Waals surface area contributed by atoms with Gasteiger partial charge in [0.15, 0.2) is 0 Å². The summed E-state index contributed by atoms with van der Waals surface area (Å²) in [6.45, 7) is 7.53. The third-order valence-electron chi connectivity index (χ3n) is 5.81. The van der Waals surface area contributed by atoms with Gasteiger partial charge in [0.05, 0.1) is 0 Å². The van der Waals surface area contributed by atoms with Crippen molar-refractivity contribution in [1.29, 1.82) is 0 Å². The van der Waals surface area contributed by atoms with E-state index in [1.54, 1.807) is 0 Å². The fourth-order valence-electron chi connectivity index (χ4n) is 3.99. The van der Waals surface area contributed by atoms with Crippen LogP contribution in [0.3, 0.4) is 0 Å². The molecule has 0 aromatic heterocycles. The van der Waals surface area contributed by atoms with Gasteiger partial charge in [-0.15, -0.1) is 0 Å². The van der Waals surface area contributed by atoms with Gasteiger partial charge >= 0.3 is 0 Å². The zero-order chi connectivity index (χ0) is 9.97. The number of fused-ring (bicyclic) bond motifs is 2. The van der Waals surface area contributed by atoms with Gasteiger partial charge in [0.1, 0.15) is 0 Å². The maximum atomic E-state index is 3.88. The summed E-state index contributed by atoms with van der Waals surface area (Å²) in [4.78, 5) is 0. The van der Waals surface area contributed by atoms with E-state index in [1.807, 2.05) is 0 Å². The van der Waals surface area contributed by atoms with Crippen LogP contribution in [0, 0.1) is 16.7 Å². The summed E-state index contributed by atoms with van der Waals surface area (Å²) >= 11 is 0. The van der Waals surface area contributed by atoms with Gasteiger partial charge in [0.2, 0.25) is 0 Å². The fraction of sp³-hybridized carbons (Fsp3) is 1.00. The van der Waals surface area contributed by atoms with Crippen LogP contribution < -0.4 is 5.32 Å². The van der Waals surface area contributed by atoms with Crippen molar-refractivity contribution in [1.82, 2.24) is 5.32 Å². The molecule has 1 heteroatoms. The van der Waals surface area contributed by atoms with E-state index < -0.39 is 0 Å². The quantitative estimate of drug-likeness (QED) is 0.711. The van der Waals surface area contributed by atoms with Crippen molar-refractivity contribution in [3.05, 3.63) is 0 Å². The van der Waals surface area contributed by atoms with E-state index >= 15 is 0 Å². The second-order valence-corrected chi connectivity index (χ2v) is 6.60. The highest BCUT2D eigenvalue weighted by molar-refractivity contribution is 5.13. The van der Waals surface area contributed by atoms with Crippen molar-refractivity contribution < 1.29 is 0 Å². The average molecular weight is 193 g/mol. The summed E-state index contributed by atoms with van der Waals surface area (Å²) in [5.74, 6) is 0.990. The molecule has 14 heavy (non-hydrogen) atoms. The van der Waals surface area contributed by atoms with Gasteiger partial charge in [-0.2, -0.15) is 0 Å². The summed E-state index contributed by atoms with van der Waals surface area (Å²) in [6, 6.07) is 1.70. The van der Waals surface area contributed by atoms with Crippen LogP contribution in [0.25, 0.3) is 0 Å². The number of hydrogen-bond acceptors (Lipinski definition) is 1. The van der Waals surface area contributed by atoms with Gasteiger partial charge in [-0.3, -0.25) is 0 Å². The van der Waals surface area contributed by atoms with Crippen LogP contribution >= 0.6 is 0 Å². The van der Waals surface area contributed by atoms with E-state index in [0.717, 1.165) is 18.0 Å². The Morgan fingerprint density at radius 3 is 2.21 bits per heavy atom. The molecule has 0 aliphatic heterocycles. The van der Waals surface area contributed by atoms with Crippen molar-refractivity contribution in [2.45, 2.75) is 65.0 Å². The molecule has 3 saturated carbocycles. The maximum absolute atomic E-state index is 3.88. The normalized spacial score (nSPS) is 49.9. The third-order valence-corrected chi connectivity index (χ3v) is 5.81. The van der Waals surface area contributed by atoms with Gasteiger partial charge in [-0.25, -0.2) is 0 Å². The van der Waals surface area contributed by atoms with Crippen LogP contribution in [0.15, 0.2) is 0 Å². The van der Waals surface area contributed by atoms with E-state index in [-0.39, 0.29) is 0 Å². The SMILES string of the molecule is CC1(C)[C@H]2CC[C@]1(C)[C@H](NC1CC1)C2. The van der Waals surface area contributed by atoms with E-state index in [2.05, 4.69) is 26.1 Å². The first-order chi connectivity index (χ1) is 6.54. The Hall–Kier alpha value is -0.0400. The molecule has 2 bridgehead atoms. The Bertz CT molecular complexity index is 254. The molecule has 3 aliphatic rings. The molecule has 0 aromatic carbocycles. The minimum atomic E-state index is 0.583. The third kappa shape index (κ3) is 0.997. The van der Waals surface area contributed by atoms with E-state index in [0.29, 0.717) is 10.8 Å². The second kappa shape index (κ2) is 2.55. The van der Waals surface area contributed by atoms with Crippen LogP contribution in [-0.4, -0.2) is 12.1 Å². The number of rotatable bonds is 2. The predicted octanol–water partition coefficient (Wildman–Crippen LogP) is 2.95. The van der Waals surface area contributed by atoms with Gasteiger partial charge in [-0.1, -0.05) is 20.8 Å². The van der Waals surface area contributed by atoms with E-state index in [1.165, 1.54) is 32.1 Å². The highest BCUT2D eigenvalue weighted by Crippen LogP contribution is 2.65. The molecular formula is C13H23N. The van der Waals surface area contributed by atoms with Crippen LogP contribution in [0.2, 0.25) is 0 Å². The standard InChI is InChI=1S/C13H23N/c1-12(2)9-6-7-13(12,3)11(8-9)14-10-4-5-10/h9-11,14H,4-8H2,1-3H3/t9-,11+,13+/m0/s1. The summed E-state index contributed by atoms with van der Waals surface area (Å²) in [5.41, 5.74) is 1.17. The highest BCUT2D eigenvalue weighted by Gasteiger charge is 2.61. The minimum Gasteiger partial charge on any atom is -0.311 e. The Morgan fingerprint density at radius 2 is 1.79 bits per heavy atom. The Balaban J connectivity index is 1.83. The zero-order valence-corrected chi connectivity index (χ0v) is 9.77. The van der Waals surface area contributed by atoms with Gasteiger partial charge in [0.25, 0.3) is 0 Å². The smallest absolute Gasteiger partial charge is 0.0131 e. The molecule has 0 radical (unpaired) electrons. The summed E-state index contributed by atoms with van der Waals surface area (Å²) in [7, 11) is 0. The van der Waals surface area contributed by atoms with Crippen molar-refractivity contribution in [2.75, 3.05) is 0 Å². The lowest BCUT2D eigenvalue weighted by atomic mass is 9.69. The summed E-state index contributed by atoms with van der Waals surface area (Å²) < 4.78 is 0. The van der Waals surface area contributed by atoms with Gasteiger partial charge < -0.3 is 5.32 Å². The lowest BCUT2D eigenvalue weighted by Crippen LogP contribution is -2.45. The van der Waals surface area contributed by atoms with Crippen molar-refractivity contribution >= 4 is 0 Å². The molecule has 0 amide bonds. The molecule has 3 rings (SSSR count). The maximum Gasteiger partial charge on any atom is 0.0131 e. The monoisotopic (exact) mass is 193 g/mol. The first-order valence-corrected chi connectivity index (χ1v) is 6.30. The summed E-state index contributed by atoms with van der Waals surface area (Å²) in [6.07, 6.45) is 7.23. The lowest BCUT2D eigenvalue weighted by molar-refractivity contribution is 0.120. The largest absolute Gasteiger partial charge is 0.311 e. The number of nitrogens with one attached hydrogen (secondary N) is 1. The molecule has 3 fully saturated rings. The molecule has 1 N–H and O–H groups in total. The van der Waals surface area contributed by atoms with Crippen molar-refractivity contribution in [2.24, 2.45) is 16.7 Å². The summed E-state index contributed by atoms with van der Waals surface area (Å²) in [5, 5.41) is 3.88. The molecule has 1 nitrogen and oxygen atoms in total. The lowest BCUT2D eigenvalue weighted by Gasteiger charge is -2.39. The second-order valence-electron chi connectivity index (χ2n) is 6.60. The molecule has 0 saturated heterocycles. The van der Waals surface area contributed by atoms with Gasteiger partial charge in [-0.05, 0) is 48.9 Å². The first kappa shape index (κ1) is 9.21. The first-order valence-electron chi connectivity index (χ1n) is 6.30. The molecule has 80 valence electrons. The molecule has 0 spiro atoms. The van der Waals surface area contributed by atoms with Crippen molar-refractivity contribution in [3.63, 3.8) is 0 Å². The minimum absolute atomic E-state index is 0.583. The van der Waals surface area contributed by atoms with Crippen LogP contribution in [0.5, 0.6) is 0 Å². The van der Waals surface area contributed by atoms with Crippen LogP contribution in [0.4, 0.5) is 0 Å². The van der Waals surface area contributed by atoms with E-state index in [9.17, 15) is 0 Å². The number of hydrogen-bond donors (Lipinski definition) is 1. The molecular weight excluding hydrogens is 170 g/mol. The highest BCUT2D eigenvalue weighted by atomic mass is 15.0. The van der Waals surface area contributed by atoms with Crippen molar-refractivity contribution in [3.8, 4) is 0 Å².